The molecule has 0 saturated heterocycles. The maximum atomic E-state index is 5.36. The quantitative estimate of drug-likeness (QED) is 0.160. The molecule has 0 radical (unpaired) electrons. The standard InChI is InChI=1S/C61H43N3/c1-61(2)53-29-13-12-27-50(53)51-33-31-44(38-54(51)61)42-21-14-23-46(35-42)56-39-55(41-19-8-4-9-20-41)62-60(63-56)47-24-15-22-45(36-47)49-28-16-30-58-59(49)52-37-43(40-17-6-3-7-18-40)32-34-57(52)64(58)48-25-10-5-11-26-48/h3-39H,1-2H3. The van der Waals surface area contributed by atoms with E-state index < -0.39 is 0 Å². The minimum absolute atomic E-state index is 0.0736. The number of rotatable bonds is 7. The van der Waals surface area contributed by atoms with Crippen LogP contribution in [0.2, 0.25) is 0 Å². The first kappa shape index (κ1) is 37.6. The van der Waals surface area contributed by atoms with Gasteiger partial charge in [0.1, 0.15) is 0 Å². The molecule has 0 unspecified atom stereocenters. The van der Waals surface area contributed by atoms with Crippen LogP contribution in [0.1, 0.15) is 25.0 Å². The molecule has 3 nitrogen and oxygen atoms in total. The lowest BCUT2D eigenvalue weighted by atomic mass is 9.81. The first-order valence-electron chi connectivity index (χ1n) is 22.1. The molecular formula is C61H43N3. The van der Waals surface area contributed by atoms with Crippen molar-refractivity contribution >= 4 is 21.8 Å². The third-order valence-corrected chi connectivity index (χ3v) is 13.2. The summed E-state index contributed by atoms with van der Waals surface area (Å²) in [7, 11) is 0. The number of fused-ring (bicyclic) bond motifs is 6. The number of aromatic nitrogens is 3. The van der Waals surface area contributed by atoms with Crippen LogP contribution in [0.4, 0.5) is 0 Å². The van der Waals surface area contributed by atoms with E-state index in [9.17, 15) is 0 Å². The summed E-state index contributed by atoms with van der Waals surface area (Å²) in [6.07, 6.45) is 0. The normalized spacial score (nSPS) is 12.7. The Bertz CT molecular complexity index is 3570. The zero-order valence-corrected chi connectivity index (χ0v) is 35.7. The Morgan fingerprint density at radius 2 is 0.891 bits per heavy atom. The Balaban J connectivity index is 0.993. The van der Waals surface area contributed by atoms with E-state index in [0.29, 0.717) is 5.82 Å². The molecule has 0 bridgehead atoms. The third kappa shape index (κ3) is 6.28. The van der Waals surface area contributed by atoms with Crippen LogP contribution in [0.25, 0.3) is 106 Å². The Morgan fingerprint density at radius 1 is 0.344 bits per heavy atom. The van der Waals surface area contributed by atoms with Gasteiger partial charge in [0.25, 0.3) is 0 Å². The highest BCUT2D eigenvalue weighted by molar-refractivity contribution is 6.16. The monoisotopic (exact) mass is 817 g/mol. The highest BCUT2D eigenvalue weighted by Gasteiger charge is 2.35. The first-order valence-corrected chi connectivity index (χ1v) is 22.1. The van der Waals surface area contributed by atoms with Crippen LogP contribution < -0.4 is 0 Å². The molecule has 0 amide bonds. The number of benzene rings is 9. The van der Waals surface area contributed by atoms with E-state index in [1.165, 1.54) is 55.2 Å². The summed E-state index contributed by atoms with van der Waals surface area (Å²) in [5, 5.41) is 2.42. The predicted molar refractivity (Wildman–Crippen MR) is 267 cm³/mol. The summed E-state index contributed by atoms with van der Waals surface area (Å²) in [6, 6.07) is 80.8. The molecule has 2 aromatic heterocycles. The summed E-state index contributed by atoms with van der Waals surface area (Å²) >= 11 is 0. The van der Waals surface area contributed by atoms with Crippen LogP contribution in [0.15, 0.2) is 224 Å². The fourth-order valence-corrected chi connectivity index (χ4v) is 10.0. The number of para-hydroxylation sites is 1. The van der Waals surface area contributed by atoms with Gasteiger partial charge in [-0.05, 0) is 110 Å². The average molecular weight is 818 g/mol. The van der Waals surface area contributed by atoms with Gasteiger partial charge >= 0.3 is 0 Å². The SMILES string of the molecule is CC1(C)c2ccccc2-c2ccc(-c3cccc(-c4cc(-c5ccccc5)nc(-c5cccc(-c6cccc7c6c6cc(-c8ccccc8)ccc6n7-c6ccccc6)c5)n4)c3)cc21. The highest BCUT2D eigenvalue weighted by atomic mass is 15.0. The fraction of sp³-hybridized carbons (Fsp3) is 0.0492. The molecule has 0 fully saturated rings. The number of nitrogens with zero attached hydrogens (tertiary/aromatic N) is 3. The van der Waals surface area contributed by atoms with Gasteiger partial charge in [-0.3, -0.25) is 0 Å². The van der Waals surface area contributed by atoms with E-state index in [0.717, 1.165) is 56.0 Å². The lowest BCUT2D eigenvalue weighted by molar-refractivity contribution is 0.660. The number of hydrogen-bond acceptors (Lipinski definition) is 2. The highest BCUT2D eigenvalue weighted by Crippen LogP contribution is 2.50. The van der Waals surface area contributed by atoms with Gasteiger partial charge in [-0.1, -0.05) is 184 Å². The van der Waals surface area contributed by atoms with Gasteiger partial charge in [0.15, 0.2) is 5.82 Å². The summed E-state index contributed by atoms with van der Waals surface area (Å²) in [5.74, 6) is 0.686. The lowest BCUT2D eigenvalue weighted by Gasteiger charge is -2.22. The molecule has 0 aliphatic heterocycles. The Labute approximate surface area is 373 Å². The number of hydrogen-bond donors (Lipinski definition) is 0. The zero-order chi connectivity index (χ0) is 42.8. The van der Waals surface area contributed by atoms with Crippen molar-refractivity contribution in [1.29, 1.82) is 0 Å². The molecule has 1 aliphatic rings. The second kappa shape index (κ2) is 15.0. The van der Waals surface area contributed by atoms with E-state index in [1.54, 1.807) is 0 Å². The van der Waals surface area contributed by atoms with Crippen LogP contribution in [-0.4, -0.2) is 14.5 Å². The third-order valence-electron chi connectivity index (χ3n) is 13.2. The Kier molecular flexibility index (Phi) is 8.84. The molecule has 0 saturated carbocycles. The van der Waals surface area contributed by atoms with E-state index in [4.69, 9.17) is 9.97 Å². The van der Waals surface area contributed by atoms with Crippen LogP contribution >= 0.6 is 0 Å². The Morgan fingerprint density at radius 3 is 1.69 bits per heavy atom. The molecule has 3 heteroatoms. The van der Waals surface area contributed by atoms with E-state index >= 15 is 0 Å². The molecule has 11 aromatic rings. The van der Waals surface area contributed by atoms with Gasteiger partial charge in [0, 0.05) is 38.6 Å². The molecule has 64 heavy (non-hydrogen) atoms. The van der Waals surface area contributed by atoms with E-state index in [-0.39, 0.29) is 5.41 Å². The summed E-state index contributed by atoms with van der Waals surface area (Å²) in [4.78, 5) is 10.6. The van der Waals surface area contributed by atoms with E-state index in [1.807, 2.05) is 6.07 Å². The molecule has 2 heterocycles. The van der Waals surface area contributed by atoms with E-state index in [2.05, 4.69) is 237 Å². The van der Waals surface area contributed by atoms with Crippen molar-refractivity contribution in [3.8, 4) is 84.1 Å². The second-order valence-electron chi connectivity index (χ2n) is 17.4. The lowest BCUT2D eigenvalue weighted by Crippen LogP contribution is -2.14. The summed E-state index contributed by atoms with van der Waals surface area (Å²) in [6.45, 7) is 4.68. The van der Waals surface area contributed by atoms with Crippen molar-refractivity contribution < 1.29 is 0 Å². The van der Waals surface area contributed by atoms with Crippen LogP contribution in [0.5, 0.6) is 0 Å². The van der Waals surface area contributed by atoms with Gasteiger partial charge < -0.3 is 4.57 Å². The Hall–Kier alpha value is -8.14. The molecule has 0 atom stereocenters. The predicted octanol–water partition coefficient (Wildman–Crippen LogP) is 15.9. The van der Waals surface area contributed by atoms with Gasteiger partial charge in [-0.2, -0.15) is 0 Å². The zero-order valence-electron chi connectivity index (χ0n) is 35.7. The topological polar surface area (TPSA) is 30.7 Å². The van der Waals surface area contributed by atoms with Crippen molar-refractivity contribution in [1.82, 2.24) is 14.5 Å². The average Bonchev–Trinajstić information content (AvgIpc) is 3.82. The second-order valence-corrected chi connectivity index (χ2v) is 17.4. The molecule has 0 spiro atoms. The smallest absolute Gasteiger partial charge is 0.160 e. The molecule has 12 rings (SSSR count). The van der Waals surface area contributed by atoms with Crippen molar-refractivity contribution in [2.75, 3.05) is 0 Å². The van der Waals surface area contributed by atoms with Crippen molar-refractivity contribution in [2.45, 2.75) is 19.3 Å². The van der Waals surface area contributed by atoms with Crippen molar-refractivity contribution in [3.63, 3.8) is 0 Å². The minimum atomic E-state index is -0.0736. The molecule has 1 aliphatic carbocycles. The molecular weight excluding hydrogens is 775 g/mol. The maximum absolute atomic E-state index is 5.36. The fourth-order valence-electron chi connectivity index (χ4n) is 10.0. The largest absolute Gasteiger partial charge is 0.309 e. The van der Waals surface area contributed by atoms with Gasteiger partial charge in [0.2, 0.25) is 0 Å². The van der Waals surface area contributed by atoms with Gasteiger partial charge in [-0.25, -0.2) is 9.97 Å². The summed E-state index contributed by atoms with van der Waals surface area (Å²) in [5.41, 5.74) is 20.6. The maximum Gasteiger partial charge on any atom is 0.160 e. The van der Waals surface area contributed by atoms with Crippen LogP contribution in [0, 0.1) is 0 Å². The van der Waals surface area contributed by atoms with Crippen molar-refractivity contribution in [2.24, 2.45) is 0 Å². The molecule has 9 aromatic carbocycles. The van der Waals surface area contributed by atoms with Gasteiger partial charge in [0.05, 0.1) is 22.4 Å². The summed E-state index contributed by atoms with van der Waals surface area (Å²) < 4.78 is 2.39. The first-order chi connectivity index (χ1) is 31.5. The van der Waals surface area contributed by atoms with Gasteiger partial charge in [-0.15, -0.1) is 0 Å². The van der Waals surface area contributed by atoms with Crippen LogP contribution in [-0.2, 0) is 5.41 Å². The van der Waals surface area contributed by atoms with Crippen LogP contribution in [0.3, 0.4) is 0 Å². The molecule has 302 valence electrons. The van der Waals surface area contributed by atoms with Crippen molar-refractivity contribution in [3.05, 3.63) is 236 Å². The minimum Gasteiger partial charge on any atom is -0.309 e. The molecule has 0 N–H and O–H groups in total.